The second-order valence-corrected chi connectivity index (χ2v) is 1.40. The molecule has 0 radical (unpaired) electrons. The van der Waals surface area contributed by atoms with Crippen molar-refractivity contribution >= 4 is 29.2 Å². The van der Waals surface area contributed by atoms with E-state index < -0.39 is 0 Å². The average Bonchev–Trinajstić information content (AvgIpc) is 0.811. The fraction of sp³-hybridized carbons (Fsp3) is 0. The quantitative estimate of drug-likeness (QED) is 0.341. The summed E-state index contributed by atoms with van der Waals surface area (Å²) in [6.07, 6.45) is 0. The summed E-state index contributed by atoms with van der Waals surface area (Å²) in [5.41, 5.74) is 0. The summed E-state index contributed by atoms with van der Waals surface area (Å²) in [6.45, 7) is 0. The van der Waals surface area contributed by atoms with E-state index in [0.29, 0.717) is 0 Å². The van der Waals surface area contributed by atoms with Crippen molar-refractivity contribution in [2.45, 2.75) is 0 Å². The van der Waals surface area contributed by atoms with Gasteiger partial charge in [0, 0.05) is 0 Å². The van der Waals surface area contributed by atoms with Gasteiger partial charge in [-0.1, -0.05) is 12.6 Å². The van der Waals surface area contributed by atoms with Crippen molar-refractivity contribution in [1.29, 1.82) is 0 Å². The number of thiocarbonyl (C=S) groups is 1. The van der Waals surface area contributed by atoms with Gasteiger partial charge >= 0.3 is 0 Å². The maximum absolute atomic E-state index is 7.65. The Balaban J connectivity index is 2.80. The van der Waals surface area contributed by atoms with Crippen LogP contribution < -0.4 is 0 Å². The van der Waals surface area contributed by atoms with Gasteiger partial charge in [0.15, 0.2) is 0 Å². The van der Waals surface area contributed by atoms with E-state index in [1.807, 2.05) is 0 Å². The van der Waals surface area contributed by atoms with Gasteiger partial charge in [0.2, 0.25) is 4.38 Å². The van der Waals surface area contributed by atoms with E-state index in [1.54, 1.807) is 0 Å². The molecule has 0 spiro atoms. The number of thiol groups is 1. The topological polar surface area (TPSA) is 20.2 Å². The fourth-order valence-corrected chi connectivity index (χ4v) is 0. The third kappa shape index (κ3) is 59.8. The summed E-state index contributed by atoms with van der Waals surface area (Å²) in [4.78, 5) is 0. The zero-order valence-electron chi connectivity index (χ0n) is 1.80. The Bertz CT molecular complexity index is 29.0. The largest absolute Gasteiger partial charge is 0.494 e. The molecular weight excluding hydrogens is 92.1 g/mol. The van der Waals surface area contributed by atoms with Crippen molar-refractivity contribution in [3.05, 3.63) is 0 Å². The highest BCUT2D eigenvalue weighted by molar-refractivity contribution is 8.10. The molecule has 0 heterocycles. The van der Waals surface area contributed by atoms with Crippen LogP contribution in [0.2, 0.25) is 0 Å². The number of hydrogen-bond acceptors (Lipinski definition) is 1. The Morgan fingerprint density at radius 2 is 2.00 bits per heavy atom. The molecule has 0 aliphatic carbocycles. The van der Waals surface area contributed by atoms with Gasteiger partial charge in [-0.25, -0.2) is 0 Å². The fourth-order valence-electron chi connectivity index (χ4n) is 0. The predicted octanol–water partition coefficient (Wildman–Crippen LogP) is 0.759. The summed E-state index contributed by atoms with van der Waals surface area (Å²) in [7, 11) is 0. The summed E-state index contributed by atoms with van der Waals surface area (Å²) >= 11 is 7.21. The molecule has 0 aliphatic heterocycles. The number of hydrogen-bond donors (Lipinski definition) is 2. The lowest BCUT2D eigenvalue weighted by Gasteiger charge is -1.63. The highest BCUT2D eigenvalue weighted by atomic mass is 32.1. The normalized spacial score (nSPS) is 6.25. The first-order valence-corrected chi connectivity index (χ1v) is 1.51. The molecule has 1 nitrogen and oxygen atoms in total. The Hall–Kier alpha value is 0.240. The number of aliphatic hydroxyl groups is 1. The zero-order chi connectivity index (χ0) is 3.58. The molecule has 24 valence electrons. The predicted molar refractivity (Wildman–Crippen MR) is 24.2 cm³/mol. The zero-order valence-corrected chi connectivity index (χ0v) is 3.51. The van der Waals surface area contributed by atoms with E-state index >= 15 is 0 Å². The first-order valence-electron chi connectivity index (χ1n) is 0.651. The van der Waals surface area contributed by atoms with E-state index in [-0.39, 0.29) is 4.38 Å². The van der Waals surface area contributed by atoms with E-state index in [9.17, 15) is 0 Å². The van der Waals surface area contributed by atoms with Crippen LogP contribution in [0.4, 0.5) is 0 Å². The van der Waals surface area contributed by atoms with Gasteiger partial charge in [0.25, 0.3) is 0 Å². The first kappa shape index (κ1) is 4.24. The minimum absolute atomic E-state index is 0.306. The highest BCUT2D eigenvalue weighted by Crippen LogP contribution is 1.68. The average molecular weight is 94.1 g/mol. The van der Waals surface area contributed by atoms with E-state index in [4.69, 9.17) is 5.11 Å². The maximum atomic E-state index is 7.65. The Labute approximate surface area is 35.0 Å². The summed E-state index contributed by atoms with van der Waals surface area (Å²) in [6, 6.07) is 0. The molecule has 3 heteroatoms. The van der Waals surface area contributed by atoms with Gasteiger partial charge in [-0.3, -0.25) is 0 Å². The molecule has 0 saturated carbocycles. The molecule has 0 amide bonds. The van der Waals surface area contributed by atoms with E-state index in [1.165, 1.54) is 0 Å². The second kappa shape index (κ2) is 1.55. The lowest BCUT2D eigenvalue weighted by Crippen LogP contribution is -1.66. The number of rotatable bonds is 0. The van der Waals surface area contributed by atoms with Crippen molar-refractivity contribution in [2.24, 2.45) is 0 Å². The van der Waals surface area contributed by atoms with Gasteiger partial charge < -0.3 is 5.11 Å². The number of aliphatic hydroxyl groups excluding tert-OH is 1. The van der Waals surface area contributed by atoms with Crippen LogP contribution >= 0.6 is 24.8 Å². The Morgan fingerprint density at radius 3 is 2.00 bits per heavy atom. The Kier molecular flexibility index (Phi) is 1.64. The van der Waals surface area contributed by atoms with E-state index in [0.717, 1.165) is 0 Å². The molecule has 0 fully saturated rings. The van der Waals surface area contributed by atoms with Crippen molar-refractivity contribution in [3.63, 3.8) is 0 Å². The van der Waals surface area contributed by atoms with Crippen LogP contribution in [0.5, 0.6) is 0 Å². The van der Waals surface area contributed by atoms with Crippen LogP contribution in [0.1, 0.15) is 0 Å². The molecule has 0 rings (SSSR count). The van der Waals surface area contributed by atoms with Crippen molar-refractivity contribution in [1.82, 2.24) is 0 Å². The molecule has 0 unspecified atom stereocenters. The summed E-state index contributed by atoms with van der Waals surface area (Å²) < 4.78 is -0.306. The third-order valence-electron chi connectivity index (χ3n) is 0. The van der Waals surface area contributed by atoms with Crippen LogP contribution in [0.25, 0.3) is 0 Å². The van der Waals surface area contributed by atoms with Gasteiger partial charge in [-0.05, 0) is 12.2 Å². The van der Waals surface area contributed by atoms with Crippen molar-refractivity contribution in [3.8, 4) is 0 Å². The molecule has 0 aromatic rings. The monoisotopic (exact) mass is 94.0 g/mol. The first-order chi connectivity index (χ1) is 1.73. The molecule has 0 aromatic heterocycles. The highest BCUT2D eigenvalue weighted by Gasteiger charge is 1.59. The summed E-state index contributed by atoms with van der Waals surface area (Å²) in [5.74, 6) is 0. The Morgan fingerprint density at radius 1 is 2.00 bits per heavy atom. The minimum Gasteiger partial charge on any atom is -0.494 e. The van der Waals surface area contributed by atoms with Crippen LogP contribution in [-0.4, -0.2) is 9.49 Å². The standard InChI is InChI=1S/CH2OS2/c2-1(3)4/h(H2,2,3,4)/i1+0. The summed E-state index contributed by atoms with van der Waals surface area (Å²) in [5, 5.41) is 7.65. The van der Waals surface area contributed by atoms with Gasteiger partial charge in [0.1, 0.15) is 0 Å². The minimum atomic E-state index is -0.306. The van der Waals surface area contributed by atoms with Gasteiger partial charge in [-0.15, -0.1) is 0 Å². The van der Waals surface area contributed by atoms with E-state index in [2.05, 4.69) is 24.8 Å². The van der Waals surface area contributed by atoms with Crippen LogP contribution in [-0.2, 0) is 0 Å². The third-order valence-corrected chi connectivity index (χ3v) is 0. The second-order valence-electron chi connectivity index (χ2n) is 0.283. The van der Waals surface area contributed by atoms with Crippen LogP contribution in [0, 0.1) is 0 Å². The molecule has 0 aromatic carbocycles. The molecule has 1 N–H and O–H groups in total. The SMILES string of the molecule is O[12C](=S)S. The molecule has 0 atom stereocenters. The van der Waals surface area contributed by atoms with Crippen molar-refractivity contribution < 1.29 is 5.11 Å². The smallest absolute Gasteiger partial charge is 0.214 e. The molecule has 4 heavy (non-hydrogen) atoms. The molecule has 0 bridgehead atoms. The molecule has 0 saturated heterocycles. The van der Waals surface area contributed by atoms with Gasteiger partial charge in [-0.2, -0.15) is 0 Å². The maximum Gasteiger partial charge on any atom is 0.214 e. The lowest BCUT2D eigenvalue weighted by molar-refractivity contribution is 0.586. The van der Waals surface area contributed by atoms with Crippen LogP contribution in [0.15, 0.2) is 0 Å². The lowest BCUT2D eigenvalue weighted by atomic mass is 11.7. The van der Waals surface area contributed by atoms with Gasteiger partial charge in [0.05, 0.1) is 0 Å². The molecular formula is CH2OS2. The molecule has 0 aliphatic rings. The van der Waals surface area contributed by atoms with Crippen molar-refractivity contribution in [2.75, 3.05) is 0 Å². The van der Waals surface area contributed by atoms with Crippen LogP contribution in [0.3, 0.4) is 0 Å².